The van der Waals surface area contributed by atoms with Crippen LogP contribution in [0.3, 0.4) is 0 Å². The van der Waals surface area contributed by atoms with E-state index in [1.54, 1.807) is 21.0 Å². The first-order valence-electron chi connectivity index (χ1n) is 24.6. The van der Waals surface area contributed by atoms with Gasteiger partial charge in [0.1, 0.15) is 78.0 Å². The van der Waals surface area contributed by atoms with Crippen LogP contribution in [-0.2, 0) is 66.5 Å². The zero-order valence-electron chi connectivity index (χ0n) is 40.6. The minimum Gasteiger partial charge on any atom is -0.458 e. The summed E-state index contributed by atoms with van der Waals surface area (Å²) in [6, 6.07) is 0. The van der Waals surface area contributed by atoms with Crippen molar-refractivity contribution in [3.63, 3.8) is 0 Å². The number of esters is 2. The van der Waals surface area contributed by atoms with Crippen LogP contribution in [0.15, 0.2) is 0 Å². The molecule has 0 bridgehead atoms. The zero-order chi connectivity index (χ0) is 48.7. The van der Waals surface area contributed by atoms with Crippen LogP contribution in [0, 0.1) is 34.5 Å². The Kier molecular flexibility index (Phi) is 14.8. The first-order chi connectivity index (χ1) is 31.7. The standard InChI is InChI=1S/C48H76O19/c1-11-21(2)42(56)64-39-40-45(7)15-13-27(18-26(45)12-16-47(40)48(67-47)17-14-28(22(3)50)46(48,8)41(39)61-25(6)51)62-31-19-29(57-9)36(23(4)59-31)65-44-35(55)38(58-10)37(24(5)60-44)66-43-34(54)33(53)32(52)30(20-49)63-43/h21,23-24,26-41,43-44,49,52-55H,11-20H2,1-10H3. The number of aliphatic hydroxyl groups is 5. The average molecular weight is 957 g/mol. The average Bonchev–Trinajstić information content (AvgIpc) is 3.84. The van der Waals surface area contributed by atoms with Crippen LogP contribution >= 0.6 is 0 Å². The molecule has 382 valence electrons. The number of Topliss-reactive ketones (excluding diaryl/α,β-unsaturated/α-hetero) is 1. The largest absolute Gasteiger partial charge is 0.458 e. The minimum atomic E-state index is -1.66. The van der Waals surface area contributed by atoms with E-state index in [9.17, 15) is 39.9 Å². The van der Waals surface area contributed by atoms with Gasteiger partial charge in [-0.2, -0.15) is 0 Å². The van der Waals surface area contributed by atoms with Gasteiger partial charge in [0.15, 0.2) is 18.9 Å². The van der Waals surface area contributed by atoms with E-state index in [2.05, 4.69) is 6.92 Å². The van der Waals surface area contributed by atoms with E-state index in [1.165, 1.54) is 14.0 Å². The quantitative estimate of drug-likeness (QED) is 0.0946. The summed E-state index contributed by atoms with van der Waals surface area (Å²) < 4.78 is 69.0. The van der Waals surface area contributed by atoms with Gasteiger partial charge in [0.25, 0.3) is 0 Å². The maximum absolute atomic E-state index is 13.8. The summed E-state index contributed by atoms with van der Waals surface area (Å²) in [4.78, 5) is 40.2. The Hall–Kier alpha value is -1.95. The molecule has 0 amide bonds. The molecule has 4 aliphatic heterocycles. The molecule has 8 rings (SSSR count). The molecule has 4 heterocycles. The van der Waals surface area contributed by atoms with Crippen molar-refractivity contribution in [3.05, 3.63) is 0 Å². The number of rotatable bonds is 14. The highest BCUT2D eigenvalue weighted by Gasteiger charge is 2.91. The number of hydrogen-bond donors (Lipinski definition) is 5. The second-order valence-electron chi connectivity index (χ2n) is 21.4. The lowest BCUT2D eigenvalue weighted by atomic mass is 9.43. The lowest BCUT2D eigenvalue weighted by Gasteiger charge is -2.61. The molecular weight excluding hydrogens is 881 g/mol. The molecule has 4 saturated heterocycles. The Labute approximate surface area is 393 Å². The lowest BCUT2D eigenvalue weighted by molar-refractivity contribution is -0.371. The van der Waals surface area contributed by atoms with Crippen molar-refractivity contribution in [3.8, 4) is 0 Å². The van der Waals surface area contributed by atoms with Crippen LogP contribution in [0.2, 0.25) is 0 Å². The van der Waals surface area contributed by atoms with Gasteiger partial charge in [-0.05, 0) is 83.5 Å². The van der Waals surface area contributed by atoms with E-state index in [-0.39, 0.29) is 41.0 Å². The van der Waals surface area contributed by atoms with Crippen LogP contribution in [0.25, 0.3) is 0 Å². The highest BCUT2D eigenvalue weighted by Crippen LogP contribution is 2.81. The predicted octanol–water partition coefficient (Wildman–Crippen LogP) is 1.85. The molecule has 8 aliphatic rings. The van der Waals surface area contributed by atoms with Crippen molar-refractivity contribution in [2.24, 2.45) is 34.5 Å². The third kappa shape index (κ3) is 8.33. The molecule has 0 aromatic heterocycles. The van der Waals surface area contributed by atoms with Crippen LogP contribution in [0.4, 0.5) is 0 Å². The SMILES string of the molecule is CCC(C)C(=O)OC1C2C3(C)CCC(OC4CC(OC)C(OC5OC(C)C(OC6OC(CO)C(O)C(O)C6O)C(OC)C5O)C(C)O4)CC3CCC23OC32CCC(C(C)=O)C2(C)C1OC(C)=O. The summed E-state index contributed by atoms with van der Waals surface area (Å²) >= 11 is 0. The molecule has 4 aliphatic carbocycles. The molecule has 0 aromatic rings. The Morgan fingerprint density at radius 2 is 1.43 bits per heavy atom. The van der Waals surface area contributed by atoms with Crippen LogP contribution in [-0.4, -0.2) is 180 Å². The molecule has 4 saturated carbocycles. The number of ketones is 1. The third-order valence-corrected chi connectivity index (χ3v) is 17.9. The van der Waals surface area contributed by atoms with Crippen molar-refractivity contribution in [1.29, 1.82) is 0 Å². The highest BCUT2D eigenvalue weighted by atomic mass is 16.8. The highest BCUT2D eigenvalue weighted by molar-refractivity contribution is 5.81. The number of methoxy groups -OCH3 is 2. The third-order valence-electron chi connectivity index (χ3n) is 17.9. The van der Waals surface area contributed by atoms with Gasteiger partial charge < -0.3 is 77.6 Å². The summed E-state index contributed by atoms with van der Waals surface area (Å²) in [6.45, 7) is 13.9. The number of carbonyl (C=O) groups excluding carboxylic acids is 3. The van der Waals surface area contributed by atoms with E-state index in [0.29, 0.717) is 38.5 Å². The first kappa shape index (κ1) is 51.4. The van der Waals surface area contributed by atoms with Gasteiger partial charge in [0, 0.05) is 44.8 Å². The molecule has 0 aromatic carbocycles. The monoisotopic (exact) mass is 956 g/mol. The second-order valence-corrected chi connectivity index (χ2v) is 21.4. The van der Waals surface area contributed by atoms with Crippen LogP contribution < -0.4 is 0 Å². The first-order valence-corrected chi connectivity index (χ1v) is 24.6. The van der Waals surface area contributed by atoms with Gasteiger partial charge in [-0.15, -0.1) is 0 Å². The molecule has 19 nitrogen and oxygen atoms in total. The molecule has 5 N–H and O–H groups in total. The number of aliphatic hydroxyl groups excluding tert-OH is 5. The Morgan fingerprint density at radius 1 is 0.746 bits per heavy atom. The van der Waals surface area contributed by atoms with Gasteiger partial charge in [-0.1, -0.05) is 27.7 Å². The van der Waals surface area contributed by atoms with E-state index in [0.717, 1.165) is 19.3 Å². The van der Waals surface area contributed by atoms with E-state index in [1.807, 2.05) is 27.7 Å². The number of fused-ring (bicyclic) bond motifs is 2. The Morgan fingerprint density at radius 3 is 2.07 bits per heavy atom. The normalized spacial score (nSPS) is 51.9. The molecule has 25 unspecified atom stereocenters. The molecule has 25 atom stereocenters. The number of ether oxygens (including phenoxy) is 11. The molecule has 19 heteroatoms. The van der Waals surface area contributed by atoms with Gasteiger partial charge in [0.05, 0.1) is 36.9 Å². The van der Waals surface area contributed by atoms with Gasteiger partial charge >= 0.3 is 11.9 Å². The number of epoxide rings is 1. The van der Waals surface area contributed by atoms with Crippen LogP contribution in [0.1, 0.15) is 113 Å². The topological polar surface area (TPSA) is 257 Å². The van der Waals surface area contributed by atoms with E-state index in [4.69, 9.17) is 52.1 Å². The maximum atomic E-state index is 13.8. The number of hydrogen-bond acceptors (Lipinski definition) is 19. The second kappa shape index (κ2) is 19.2. The van der Waals surface area contributed by atoms with Crippen molar-refractivity contribution in [2.45, 2.75) is 229 Å². The smallest absolute Gasteiger partial charge is 0.309 e. The summed E-state index contributed by atoms with van der Waals surface area (Å²) in [5.41, 5.74) is -2.59. The molecule has 67 heavy (non-hydrogen) atoms. The summed E-state index contributed by atoms with van der Waals surface area (Å²) in [7, 11) is 2.95. The predicted molar refractivity (Wildman–Crippen MR) is 230 cm³/mol. The van der Waals surface area contributed by atoms with Crippen molar-refractivity contribution < 1.29 is 92.0 Å². The van der Waals surface area contributed by atoms with E-state index >= 15 is 0 Å². The molecular formula is C48H76O19. The van der Waals surface area contributed by atoms with Crippen LogP contribution in [0.5, 0.6) is 0 Å². The fourth-order valence-electron chi connectivity index (χ4n) is 14.2. The molecule has 2 spiro atoms. The van der Waals surface area contributed by atoms with Crippen molar-refractivity contribution in [2.75, 3.05) is 20.8 Å². The number of carbonyl (C=O) groups is 3. The molecule has 0 radical (unpaired) electrons. The summed E-state index contributed by atoms with van der Waals surface area (Å²) in [5.74, 6) is -1.75. The summed E-state index contributed by atoms with van der Waals surface area (Å²) in [6.07, 6.45) is -11.5. The van der Waals surface area contributed by atoms with Gasteiger partial charge in [-0.3, -0.25) is 14.4 Å². The fourth-order valence-corrected chi connectivity index (χ4v) is 14.2. The van der Waals surface area contributed by atoms with Crippen molar-refractivity contribution >= 4 is 17.7 Å². The Balaban J connectivity index is 0.942. The zero-order valence-corrected chi connectivity index (χ0v) is 40.6. The fraction of sp³-hybridized carbons (Fsp3) is 0.938. The Bertz CT molecular complexity index is 1800. The van der Waals surface area contributed by atoms with Gasteiger partial charge in [-0.25, -0.2) is 0 Å². The summed E-state index contributed by atoms with van der Waals surface area (Å²) in [5, 5.41) is 52.3. The molecule has 8 fully saturated rings. The van der Waals surface area contributed by atoms with E-state index < -0.39 is 133 Å². The lowest BCUT2D eigenvalue weighted by Crippen LogP contribution is -2.70. The maximum Gasteiger partial charge on any atom is 0.309 e. The van der Waals surface area contributed by atoms with Gasteiger partial charge in [0.2, 0.25) is 0 Å². The minimum absolute atomic E-state index is 0.0172. The van der Waals surface area contributed by atoms with Crippen molar-refractivity contribution in [1.82, 2.24) is 0 Å².